The van der Waals surface area contributed by atoms with Crippen LogP contribution in [0.4, 0.5) is 8.78 Å². The number of nitrogens with zero attached hydrogens (tertiary/aromatic N) is 9. The summed E-state index contributed by atoms with van der Waals surface area (Å²) in [5.74, 6) is 0.0510. The molecule has 5 heterocycles. The molecule has 0 spiro atoms. The Morgan fingerprint density at radius 2 is 1.85 bits per heavy atom. The SMILES string of the molecule is CC(=O)OCc1nnn([C@H](c2ccccc2)C2CCN(C(=O)c3cc(-c4nc5cc(-c6cncn6C(F)F)ccc5o4)ccn3)CC2)n1. The minimum absolute atomic E-state index is 0.0613. The van der Waals surface area contributed by atoms with Gasteiger partial charge in [0.2, 0.25) is 11.7 Å². The molecule has 2 aromatic carbocycles. The van der Waals surface area contributed by atoms with Gasteiger partial charge in [0.1, 0.15) is 17.3 Å². The molecule has 0 saturated carbocycles. The molecular formula is C33H29F2N9O4. The van der Waals surface area contributed by atoms with Crippen molar-refractivity contribution in [3.05, 3.63) is 96.5 Å². The fraction of sp³-hybridized carbons (Fsp3) is 0.273. The van der Waals surface area contributed by atoms with Crippen LogP contribution in [0.2, 0.25) is 0 Å². The zero-order valence-corrected chi connectivity index (χ0v) is 25.7. The lowest BCUT2D eigenvalue weighted by Crippen LogP contribution is -2.41. The van der Waals surface area contributed by atoms with E-state index in [4.69, 9.17) is 9.15 Å². The molecule has 1 atom stereocenters. The third-order valence-electron chi connectivity index (χ3n) is 8.32. The van der Waals surface area contributed by atoms with Crippen LogP contribution in [-0.4, -0.2) is 69.6 Å². The highest BCUT2D eigenvalue weighted by Gasteiger charge is 2.33. The van der Waals surface area contributed by atoms with E-state index in [9.17, 15) is 18.4 Å². The van der Waals surface area contributed by atoms with Gasteiger partial charge in [0, 0.05) is 37.3 Å². The average Bonchev–Trinajstić information content (AvgIpc) is 3.88. The number of halogens is 2. The van der Waals surface area contributed by atoms with E-state index in [-0.39, 0.29) is 41.8 Å². The Morgan fingerprint density at radius 3 is 2.62 bits per heavy atom. The van der Waals surface area contributed by atoms with Crippen molar-refractivity contribution in [2.75, 3.05) is 13.1 Å². The number of amides is 1. The number of esters is 1. The summed E-state index contributed by atoms with van der Waals surface area (Å²) in [6.45, 7) is -0.477. The molecule has 1 amide bonds. The monoisotopic (exact) mass is 653 g/mol. The molecule has 0 bridgehead atoms. The lowest BCUT2D eigenvalue weighted by atomic mass is 9.85. The molecule has 1 saturated heterocycles. The van der Waals surface area contributed by atoms with Gasteiger partial charge in [0.25, 0.3) is 5.91 Å². The van der Waals surface area contributed by atoms with Gasteiger partial charge in [-0.2, -0.15) is 13.6 Å². The Balaban J connectivity index is 1.06. The molecule has 15 heteroatoms. The van der Waals surface area contributed by atoms with E-state index in [2.05, 4.69) is 30.4 Å². The number of fused-ring (bicyclic) bond motifs is 1. The van der Waals surface area contributed by atoms with Crippen molar-refractivity contribution in [1.82, 2.24) is 44.6 Å². The van der Waals surface area contributed by atoms with Crippen LogP contribution in [0, 0.1) is 5.92 Å². The number of imidazole rings is 1. The number of piperidine rings is 1. The molecule has 1 fully saturated rings. The van der Waals surface area contributed by atoms with Crippen molar-refractivity contribution in [2.45, 2.75) is 39.0 Å². The van der Waals surface area contributed by atoms with Crippen molar-refractivity contribution in [2.24, 2.45) is 5.92 Å². The second kappa shape index (κ2) is 13.1. The van der Waals surface area contributed by atoms with Gasteiger partial charge in [0.15, 0.2) is 12.2 Å². The normalized spacial score (nSPS) is 14.5. The van der Waals surface area contributed by atoms with E-state index in [1.807, 2.05) is 30.3 Å². The highest BCUT2D eigenvalue weighted by molar-refractivity contribution is 5.93. The molecule has 48 heavy (non-hydrogen) atoms. The summed E-state index contributed by atoms with van der Waals surface area (Å²) in [5, 5.41) is 12.8. The van der Waals surface area contributed by atoms with Gasteiger partial charge in [-0.3, -0.25) is 19.1 Å². The number of benzene rings is 2. The van der Waals surface area contributed by atoms with Crippen LogP contribution in [0.25, 0.3) is 33.8 Å². The van der Waals surface area contributed by atoms with Crippen LogP contribution in [0.1, 0.15) is 54.2 Å². The van der Waals surface area contributed by atoms with Gasteiger partial charge in [-0.15, -0.1) is 10.2 Å². The van der Waals surface area contributed by atoms with E-state index < -0.39 is 12.5 Å². The molecule has 0 N–H and O–H groups in total. The van der Waals surface area contributed by atoms with Crippen LogP contribution in [0.3, 0.4) is 0 Å². The number of alkyl halides is 2. The number of carbonyl (C=O) groups is 2. The fourth-order valence-corrected chi connectivity index (χ4v) is 6.00. The second-order valence-electron chi connectivity index (χ2n) is 11.4. The molecule has 0 radical (unpaired) electrons. The molecule has 244 valence electrons. The van der Waals surface area contributed by atoms with E-state index in [0.29, 0.717) is 54.0 Å². The molecule has 1 aliphatic heterocycles. The lowest BCUT2D eigenvalue weighted by Gasteiger charge is -2.35. The topological polar surface area (TPSA) is 147 Å². The van der Waals surface area contributed by atoms with E-state index in [1.54, 1.807) is 40.0 Å². The molecule has 0 aliphatic carbocycles. The first-order valence-electron chi connectivity index (χ1n) is 15.3. The Hall–Kier alpha value is -5.86. The van der Waals surface area contributed by atoms with E-state index >= 15 is 0 Å². The minimum Gasteiger partial charge on any atom is -0.457 e. The molecule has 13 nitrogen and oxygen atoms in total. The number of carbonyl (C=O) groups excluding carboxylic acids is 2. The van der Waals surface area contributed by atoms with Crippen LogP contribution < -0.4 is 0 Å². The number of rotatable bonds is 9. The van der Waals surface area contributed by atoms with Gasteiger partial charge in [-0.25, -0.2) is 9.97 Å². The summed E-state index contributed by atoms with van der Waals surface area (Å²) < 4.78 is 38.6. The Labute approximate surface area is 272 Å². The number of hydrogen-bond donors (Lipinski definition) is 0. The number of tetrazole rings is 1. The molecule has 4 aromatic heterocycles. The quantitative estimate of drug-likeness (QED) is 0.187. The first-order chi connectivity index (χ1) is 23.3. The van der Waals surface area contributed by atoms with Gasteiger partial charge < -0.3 is 14.1 Å². The second-order valence-corrected chi connectivity index (χ2v) is 11.4. The van der Waals surface area contributed by atoms with Crippen molar-refractivity contribution < 1.29 is 27.5 Å². The zero-order valence-electron chi connectivity index (χ0n) is 25.7. The van der Waals surface area contributed by atoms with Gasteiger partial charge in [0.05, 0.1) is 18.2 Å². The predicted octanol–water partition coefficient (Wildman–Crippen LogP) is 5.34. The molecule has 0 unspecified atom stereocenters. The molecule has 6 aromatic rings. The largest absolute Gasteiger partial charge is 0.457 e. The van der Waals surface area contributed by atoms with E-state index in [0.717, 1.165) is 16.5 Å². The van der Waals surface area contributed by atoms with Crippen molar-refractivity contribution in [1.29, 1.82) is 0 Å². The Morgan fingerprint density at radius 1 is 1.04 bits per heavy atom. The number of hydrogen-bond acceptors (Lipinski definition) is 10. The summed E-state index contributed by atoms with van der Waals surface area (Å²) >= 11 is 0. The first-order valence-corrected chi connectivity index (χ1v) is 15.3. The fourth-order valence-electron chi connectivity index (χ4n) is 6.00. The first kappa shape index (κ1) is 30.8. The van der Waals surface area contributed by atoms with Crippen LogP contribution >= 0.6 is 0 Å². The zero-order chi connectivity index (χ0) is 33.2. The minimum atomic E-state index is -2.73. The Kier molecular flexibility index (Phi) is 8.40. The van der Waals surface area contributed by atoms with Crippen molar-refractivity contribution >= 4 is 23.0 Å². The summed E-state index contributed by atoms with van der Waals surface area (Å²) in [7, 11) is 0. The number of pyridine rings is 1. The maximum Gasteiger partial charge on any atom is 0.320 e. The van der Waals surface area contributed by atoms with Crippen LogP contribution in [0.5, 0.6) is 0 Å². The van der Waals surface area contributed by atoms with Gasteiger partial charge in [-0.1, -0.05) is 30.3 Å². The maximum atomic E-state index is 13.6. The summed E-state index contributed by atoms with van der Waals surface area (Å²) in [4.78, 5) is 41.0. The lowest BCUT2D eigenvalue weighted by molar-refractivity contribution is -0.142. The third-order valence-corrected chi connectivity index (χ3v) is 8.32. The third kappa shape index (κ3) is 6.26. The smallest absolute Gasteiger partial charge is 0.320 e. The van der Waals surface area contributed by atoms with Crippen molar-refractivity contribution in [3.63, 3.8) is 0 Å². The maximum absolute atomic E-state index is 13.6. The van der Waals surface area contributed by atoms with Crippen molar-refractivity contribution in [3.8, 4) is 22.7 Å². The summed E-state index contributed by atoms with van der Waals surface area (Å²) in [5.41, 5.74) is 3.55. The number of oxazole rings is 1. The molecular weight excluding hydrogens is 624 g/mol. The van der Waals surface area contributed by atoms with Gasteiger partial charge in [-0.05, 0) is 59.9 Å². The number of likely N-dealkylation sites (tertiary alicyclic amines) is 1. The van der Waals surface area contributed by atoms with Gasteiger partial charge >= 0.3 is 12.5 Å². The predicted molar refractivity (Wildman–Crippen MR) is 166 cm³/mol. The highest BCUT2D eigenvalue weighted by Crippen LogP contribution is 2.34. The van der Waals surface area contributed by atoms with E-state index in [1.165, 1.54) is 19.3 Å². The molecule has 1 aliphatic rings. The average molecular weight is 654 g/mol. The summed E-state index contributed by atoms with van der Waals surface area (Å²) in [6, 6.07) is 18.0. The standard InChI is InChI=1S/C33H29F2N9O4/c1-20(45)47-18-29-39-41-44(40-29)30(21-5-3-2-4-6-21)22-10-13-42(14-11-22)32(46)26-16-24(9-12-37-26)31-38-25-15-23(7-8-28(25)48-31)27-17-36-19-43(27)33(34)35/h2-9,12,15-17,19,22,30,33H,10-11,13-14,18H2,1H3/t30-/m1/s1. The Bertz CT molecular complexity index is 2070. The summed E-state index contributed by atoms with van der Waals surface area (Å²) in [6.07, 6.45) is 5.35. The number of aromatic nitrogens is 8. The molecule has 7 rings (SSSR count). The number of ether oxygens (including phenoxy) is 1. The highest BCUT2D eigenvalue weighted by atomic mass is 19.3. The van der Waals surface area contributed by atoms with Crippen LogP contribution in [-0.2, 0) is 16.1 Å². The van der Waals surface area contributed by atoms with Crippen LogP contribution in [0.15, 0.2) is 83.8 Å².